The van der Waals surface area contributed by atoms with Crippen LogP contribution in [0.2, 0.25) is 0 Å². The third-order valence-corrected chi connectivity index (χ3v) is 7.53. The zero-order valence-electron chi connectivity index (χ0n) is 21.7. The highest BCUT2D eigenvalue weighted by Gasteiger charge is 2.47. The zero-order chi connectivity index (χ0) is 25.8. The van der Waals surface area contributed by atoms with Gasteiger partial charge in [0, 0.05) is 11.3 Å². The molecule has 188 valence electrons. The number of hydrogen-bond donors (Lipinski definition) is 0. The van der Waals surface area contributed by atoms with E-state index < -0.39 is 0 Å². The summed E-state index contributed by atoms with van der Waals surface area (Å²) in [6, 6.07) is 33.8. The predicted molar refractivity (Wildman–Crippen MR) is 148 cm³/mol. The maximum absolute atomic E-state index is 5.49. The van der Waals surface area contributed by atoms with Crippen LogP contribution in [-0.4, -0.2) is 28.4 Å². The van der Waals surface area contributed by atoms with Crippen LogP contribution in [0.1, 0.15) is 34.6 Å². The van der Waals surface area contributed by atoms with Gasteiger partial charge in [0.25, 0.3) is 0 Å². The lowest BCUT2D eigenvalue weighted by atomic mass is 9.63. The van der Waals surface area contributed by atoms with Crippen LogP contribution in [0, 0.1) is 0 Å². The van der Waals surface area contributed by atoms with Gasteiger partial charge in [0.2, 0.25) is 0 Å². The normalized spacial score (nSPS) is 16.1. The molecule has 4 aromatic rings. The molecule has 0 heterocycles. The first-order valence-electron chi connectivity index (χ1n) is 12.4. The van der Waals surface area contributed by atoms with E-state index in [4.69, 9.17) is 18.9 Å². The summed E-state index contributed by atoms with van der Waals surface area (Å²) >= 11 is 0. The molecule has 0 bridgehead atoms. The Kier molecular flexibility index (Phi) is 6.91. The van der Waals surface area contributed by atoms with Crippen LogP contribution in [0.5, 0.6) is 23.0 Å². The maximum atomic E-state index is 5.49. The van der Waals surface area contributed by atoms with Gasteiger partial charge in [0.15, 0.2) is 0 Å². The molecule has 1 unspecified atom stereocenters. The van der Waals surface area contributed by atoms with Crippen molar-refractivity contribution in [1.29, 1.82) is 0 Å². The highest BCUT2D eigenvalue weighted by molar-refractivity contribution is 5.79. The third kappa shape index (κ3) is 4.44. The highest BCUT2D eigenvalue weighted by atomic mass is 16.5. The Hall–Kier alpha value is -4.18. The monoisotopic (exact) mass is 492 g/mol. The van der Waals surface area contributed by atoms with Crippen LogP contribution >= 0.6 is 0 Å². The molecular formula is C33H32O4. The first-order valence-corrected chi connectivity index (χ1v) is 12.4. The minimum Gasteiger partial charge on any atom is -0.497 e. The van der Waals surface area contributed by atoms with Crippen molar-refractivity contribution in [1.82, 2.24) is 0 Å². The smallest absolute Gasteiger partial charge is 0.118 e. The molecule has 37 heavy (non-hydrogen) atoms. The highest BCUT2D eigenvalue weighted by Crippen LogP contribution is 2.58. The molecule has 5 rings (SSSR count). The Bertz CT molecular complexity index is 1300. The molecule has 0 radical (unpaired) electrons. The number of ether oxygens (including phenoxy) is 4. The Balaban J connectivity index is 1.73. The molecule has 0 saturated heterocycles. The summed E-state index contributed by atoms with van der Waals surface area (Å²) in [4.78, 5) is 0. The fraction of sp³-hybridized carbons (Fsp3) is 0.212. The third-order valence-electron chi connectivity index (χ3n) is 7.53. The van der Waals surface area contributed by atoms with Gasteiger partial charge in [-0.3, -0.25) is 0 Å². The largest absolute Gasteiger partial charge is 0.497 e. The lowest BCUT2D eigenvalue weighted by molar-refractivity contribution is 0.412. The van der Waals surface area contributed by atoms with Crippen LogP contribution in [0.4, 0.5) is 0 Å². The summed E-state index contributed by atoms with van der Waals surface area (Å²) in [7, 11) is 6.80. The van der Waals surface area contributed by atoms with Gasteiger partial charge in [-0.15, -0.1) is 0 Å². The fourth-order valence-corrected chi connectivity index (χ4v) is 5.61. The van der Waals surface area contributed by atoms with Crippen LogP contribution < -0.4 is 18.9 Å². The molecule has 0 aromatic heterocycles. The first kappa shape index (κ1) is 24.5. The van der Waals surface area contributed by atoms with Gasteiger partial charge >= 0.3 is 0 Å². The molecule has 0 saturated carbocycles. The molecule has 4 heteroatoms. The standard InChI is InChI=1S/C33H32O4/c1-34-27-13-5-23(6-14-27)31-21-22-33(25-9-17-29(36-3)18-10-25,26-11-19-30(37-4)20-12-26)32(31)24-7-15-28(35-2)16-8-24/h5-21,32H,22H2,1-4H3. The molecule has 0 N–H and O–H groups in total. The average molecular weight is 493 g/mol. The van der Waals surface area contributed by atoms with E-state index in [1.165, 1.54) is 27.8 Å². The quantitative estimate of drug-likeness (QED) is 0.259. The van der Waals surface area contributed by atoms with Crippen LogP contribution in [-0.2, 0) is 5.41 Å². The molecule has 1 aliphatic rings. The van der Waals surface area contributed by atoms with Crippen LogP contribution in [0.25, 0.3) is 5.57 Å². The van der Waals surface area contributed by atoms with Gasteiger partial charge in [0.05, 0.1) is 28.4 Å². The Morgan fingerprint density at radius 2 is 0.892 bits per heavy atom. The number of hydrogen-bond acceptors (Lipinski definition) is 4. The topological polar surface area (TPSA) is 36.9 Å². The van der Waals surface area contributed by atoms with E-state index in [1.807, 2.05) is 24.3 Å². The summed E-state index contributed by atoms with van der Waals surface area (Å²) in [5.41, 5.74) is 5.85. The number of rotatable bonds is 8. The van der Waals surface area contributed by atoms with E-state index in [2.05, 4.69) is 78.9 Å². The minimum absolute atomic E-state index is 0.0635. The molecule has 4 aromatic carbocycles. The second-order valence-corrected chi connectivity index (χ2v) is 9.23. The SMILES string of the molecule is COc1ccc(C2=CCC(c3ccc(OC)cc3)(c3ccc(OC)cc3)C2c2ccc(OC)cc2)cc1. The van der Waals surface area contributed by atoms with Gasteiger partial charge in [-0.2, -0.15) is 0 Å². The van der Waals surface area contributed by atoms with E-state index in [0.717, 1.165) is 29.4 Å². The molecule has 1 aliphatic carbocycles. The summed E-state index contributed by atoms with van der Waals surface area (Å²) < 4.78 is 21.9. The molecule has 0 amide bonds. The Morgan fingerprint density at radius 3 is 1.30 bits per heavy atom. The van der Waals surface area contributed by atoms with Crippen molar-refractivity contribution in [3.63, 3.8) is 0 Å². The van der Waals surface area contributed by atoms with Crippen molar-refractivity contribution < 1.29 is 18.9 Å². The van der Waals surface area contributed by atoms with E-state index in [1.54, 1.807) is 28.4 Å². The van der Waals surface area contributed by atoms with E-state index in [-0.39, 0.29) is 11.3 Å². The van der Waals surface area contributed by atoms with Crippen LogP contribution in [0.15, 0.2) is 103 Å². The number of benzene rings is 4. The lowest BCUT2D eigenvalue weighted by Crippen LogP contribution is -2.32. The van der Waals surface area contributed by atoms with Crippen molar-refractivity contribution in [2.45, 2.75) is 17.8 Å². The van der Waals surface area contributed by atoms with Gasteiger partial charge < -0.3 is 18.9 Å². The number of methoxy groups -OCH3 is 4. The van der Waals surface area contributed by atoms with Crippen molar-refractivity contribution in [3.8, 4) is 23.0 Å². The second-order valence-electron chi connectivity index (χ2n) is 9.23. The van der Waals surface area contributed by atoms with Crippen molar-refractivity contribution >= 4 is 5.57 Å². The molecule has 0 aliphatic heterocycles. The summed E-state index contributed by atoms with van der Waals surface area (Å²) in [6.07, 6.45) is 3.24. The van der Waals surface area contributed by atoms with Crippen molar-refractivity contribution in [3.05, 3.63) is 125 Å². The second kappa shape index (κ2) is 10.4. The van der Waals surface area contributed by atoms with Crippen molar-refractivity contribution in [2.24, 2.45) is 0 Å². The van der Waals surface area contributed by atoms with Crippen LogP contribution in [0.3, 0.4) is 0 Å². The van der Waals surface area contributed by atoms with Gasteiger partial charge in [-0.1, -0.05) is 54.6 Å². The first-order chi connectivity index (χ1) is 18.1. The molecule has 0 spiro atoms. The Labute approximate surface area is 219 Å². The van der Waals surface area contributed by atoms with E-state index >= 15 is 0 Å². The lowest BCUT2D eigenvalue weighted by Gasteiger charge is -2.39. The van der Waals surface area contributed by atoms with Gasteiger partial charge in [-0.05, 0) is 82.8 Å². The predicted octanol–water partition coefficient (Wildman–Crippen LogP) is 7.28. The fourth-order valence-electron chi connectivity index (χ4n) is 5.61. The zero-order valence-corrected chi connectivity index (χ0v) is 21.7. The summed E-state index contributed by atoms with van der Waals surface area (Å²) in [5.74, 6) is 3.44. The number of allylic oxidation sites excluding steroid dienone is 2. The van der Waals surface area contributed by atoms with E-state index in [0.29, 0.717) is 0 Å². The Morgan fingerprint density at radius 1 is 0.514 bits per heavy atom. The summed E-state index contributed by atoms with van der Waals surface area (Å²) in [5, 5.41) is 0. The van der Waals surface area contributed by atoms with E-state index in [9.17, 15) is 0 Å². The van der Waals surface area contributed by atoms with Gasteiger partial charge in [-0.25, -0.2) is 0 Å². The molecule has 4 nitrogen and oxygen atoms in total. The molecule has 1 atom stereocenters. The molecular weight excluding hydrogens is 460 g/mol. The molecule has 0 fully saturated rings. The van der Waals surface area contributed by atoms with Crippen molar-refractivity contribution in [2.75, 3.05) is 28.4 Å². The minimum atomic E-state index is -0.331. The van der Waals surface area contributed by atoms with Gasteiger partial charge in [0.1, 0.15) is 23.0 Å². The summed E-state index contributed by atoms with van der Waals surface area (Å²) in [6.45, 7) is 0. The maximum Gasteiger partial charge on any atom is 0.118 e. The average Bonchev–Trinajstić information content (AvgIpc) is 3.38.